The second-order valence-corrected chi connectivity index (χ2v) is 16.1. The van der Waals surface area contributed by atoms with E-state index in [1.807, 2.05) is 6.08 Å². The van der Waals surface area contributed by atoms with Crippen molar-refractivity contribution in [2.45, 2.75) is 264 Å². The molecule has 2 unspecified atom stereocenters. The molecule has 3 N–H and O–H groups in total. The molecule has 0 aliphatic heterocycles. The second-order valence-electron chi connectivity index (χ2n) is 16.1. The van der Waals surface area contributed by atoms with Gasteiger partial charge in [-0.2, -0.15) is 0 Å². The minimum absolute atomic E-state index is 0.0197. The summed E-state index contributed by atoms with van der Waals surface area (Å²) in [5.41, 5.74) is 0. The molecule has 0 saturated heterocycles. The highest BCUT2D eigenvalue weighted by molar-refractivity contribution is 5.76. The molecule has 53 heavy (non-hydrogen) atoms. The number of hydrogen-bond acceptors (Lipinski definition) is 5. The van der Waals surface area contributed by atoms with Crippen LogP contribution in [0.1, 0.15) is 251 Å². The van der Waals surface area contributed by atoms with Gasteiger partial charge >= 0.3 is 5.97 Å². The van der Waals surface area contributed by atoms with Gasteiger partial charge in [0.15, 0.2) is 0 Å². The van der Waals surface area contributed by atoms with Gasteiger partial charge in [-0.15, -0.1) is 0 Å². The largest absolute Gasteiger partial charge is 0.466 e. The summed E-state index contributed by atoms with van der Waals surface area (Å²) < 4.78 is 5.44. The molecule has 0 rings (SSSR count). The molecule has 0 aromatic rings. The van der Waals surface area contributed by atoms with Crippen molar-refractivity contribution in [3.63, 3.8) is 0 Å². The first-order valence-corrected chi connectivity index (χ1v) is 23.5. The van der Waals surface area contributed by atoms with Gasteiger partial charge in [-0.05, 0) is 32.1 Å². The standard InChI is InChI=1S/C47H91NO5/c1-3-5-7-9-11-13-15-17-19-23-27-31-35-39-45(50)44(43-49)48-46(51)40-36-32-28-24-21-22-26-30-34-38-42-53-47(52)41-37-33-29-25-20-18-16-14-12-10-8-6-4-2/h35,39,44-45,49-50H,3-34,36-38,40-43H2,1-2H3,(H,48,51)/b39-35+. The van der Waals surface area contributed by atoms with E-state index in [0.717, 1.165) is 57.8 Å². The molecule has 0 spiro atoms. The van der Waals surface area contributed by atoms with Crippen LogP contribution in [0.3, 0.4) is 0 Å². The fourth-order valence-corrected chi connectivity index (χ4v) is 7.16. The maximum absolute atomic E-state index is 12.4. The van der Waals surface area contributed by atoms with E-state index in [0.29, 0.717) is 19.4 Å². The predicted molar refractivity (Wildman–Crippen MR) is 227 cm³/mol. The fraction of sp³-hybridized carbons (Fsp3) is 0.915. The Bertz CT molecular complexity index is 787. The Morgan fingerprint density at radius 1 is 0.509 bits per heavy atom. The quantitative estimate of drug-likeness (QED) is 0.0328. The Morgan fingerprint density at radius 2 is 0.868 bits per heavy atom. The lowest BCUT2D eigenvalue weighted by Gasteiger charge is -2.20. The number of unbranched alkanes of at least 4 members (excludes halogenated alkanes) is 32. The van der Waals surface area contributed by atoms with Crippen LogP contribution in [0.2, 0.25) is 0 Å². The summed E-state index contributed by atoms with van der Waals surface area (Å²) in [6, 6.07) is -0.642. The van der Waals surface area contributed by atoms with Crippen molar-refractivity contribution in [1.82, 2.24) is 5.32 Å². The number of allylic oxidation sites excluding steroid dienone is 1. The van der Waals surface area contributed by atoms with Gasteiger partial charge in [0.1, 0.15) is 0 Å². The molecule has 1 amide bonds. The van der Waals surface area contributed by atoms with E-state index in [1.54, 1.807) is 6.08 Å². The third-order valence-electron chi connectivity index (χ3n) is 10.8. The average Bonchev–Trinajstić information content (AvgIpc) is 3.16. The summed E-state index contributed by atoms with van der Waals surface area (Å²) in [6.07, 6.45) is 47.6. The molecule has 314 valence electrons. The van der Waals surface area contributed by atoms with E-state index in [-0.39, 0.29) is 18.5 Å². The third kappa shape index (κ3) is 40.1. The Labute approximate surface area is 329 Å². The summed E-state index contributed by atoms with van der Waals surface area (Å²) in [6.45, 7) is 4.84. The fourth-order valence-electron chi connectivity index (χ4n) is 7.16. The average molecular weight is 750 g/mol. The van der Waals surface area contributed by atoms with Crippen molar-refractivity contribution in [1.29, 1.82) is 0 Å². The van der Waals surface area contributed by atoms with Gasteiger partial charge < -0.3 is 20.3 Å². The highest BCUT2D eigenvalue weighted by atomic mass is 16.5. The topological polar surface area (TPSA) is 95.9 Å². The molecule has 0 aromatic carbocycles. The Balaban J connectivity index is 3.51. The van der Waals surface area contributed by atoms with Crippen LogP contribution < -0.4 is 5.32 Å². The molecular formula is C47H91NO5. The van der Waals surface area contributed by atoms with Crippen LogP contribution in [0.15, 0.2) is 12.2 Å². The summed E-state index contributed by atoms with van der Waals surface area (Å²) in [4.78, 5) is 24.4. The van der Waals surface area contributed by atoms with Crippen LogP contribution in [0.25, 0.3) is 0 Å². The number of ether oxygens (including phenoxy) is 1. The van der Waals surface area contributed by atoms with Crippen LogP contribution in [-0.4, -0.2) is 47.4 Å². The van der Waals surface area contributed by atoms with E-state index < -0.39 is 12.1 Å². The number of carbonyl (C=O) groups is 2. The first-order valence-electron chi connectivity index (χ1n) is 23.5. The number of nitrogens with one attached hydrogen (secondary N) is 1. The number of rotatable bonds is 43. The lowest BCUT2D eigenvalue weighted by Crippen LogP contribution is -2.45. The van der Waals surface area contributed by atoms with Gasteiger partial charge in [0.2, 0.25) is 5.91 Å². The van der Waals surface area contributed by atoms with Gasteiger partial charge in [-0.3, -0.25) is 9.59 Å². The first-order chi connectivity index (χ1) is 26.0. The van der Waals surface area contributed by atoms with Gasteiger partial charge in [-0.25, -0.2) is 0 Å². The molecule has 0 radical (unpaired) electrons. The molecule has 0 aliphatic rings. The SMILES string of the molecule is CCCCCCCCCCCCC/C=C/C(O)C(CO)NC(=O)CCCCCCCCCCCCOC(=O)CCCCCCCCCCCCCCC. The molecule has 0 aromatic heterocycles. The van der Waals surface area contributed by atoms with Crippen molar-refractivity contribution < 1.29 is 24.5 Å². The zero-order valence-electron chi connectivity index (χ0n) is 35.5. The molecule has 6 nitrogen and oxygen atoms in total. The maximum atomic E-state index is 12.4. The van der Waals surface area contributed by atoms with Crippen LogP contribution in [0.5, 0.6) is 0 Å². The number of esters is 1. The summed E-state index contributed by atoms with van der Waals surface area (Å²) in [5.74, 6) is -0.110. The minimum Gasteiger partial charge on any atom is -0.466 e. The second kappa shape index (κ2) is 43.3. The van der Waals surface area contributed by atoms with Crippen LogP contribution in [-0.2, 0) is 14.3 Å². The Morgan fingerprint density at radius 3 is 1.28 bits per heavy atom. The molecule has 0 fully saturated rings. The van der Waals surface area contributed by atoms with Crippen LogP contribution in [0, 0.1) is 0 Å². The first kappa shape index (κ1) is 51.6. The molecule has 0 aliphatic carbocycles. The Kier molecular flexibility index (Phi) is 42.2. The van der Waals surface area contributed by atoms with E-state index in [2.05, 4.69) is 19.2 Å². The van der Waals surface area contributed by atoms with Crippen molar-refractivity contribution >= 4 is 11.9 Å². The summed E-state index contributed by atoms with van der Waals surface area (Å²) in [7, 11) is 0. The van der Waals surface area contributed by atoms with E-state index in [4.69, 9.17) is 4.74 Å². The molecule has 0 saturated carbocycles. The predicted octanol–water partition coefficient (Wildman–Crippen LogP) is 13.4. The van der Waals surface area contributed by atoms with Crippen molar-refractivity contribution in [3.05, 3.63) is 12.2 Å². The summed E-state index contributed by atoms with van der Waals surface area (Å²) in [5, 5.41) is 23.0. The van der Waals surface area contributed by atoms with Crippen LogP contribution in [0.4, 0.5) is 0 Å². The number of carbonyl (C=O) groups excluding carboxylic acids is 2. The zero-order valence-corrected chi connectivity index (χ0v) is 35.5. The number of hydrogen-bond donors (Lipinski definition) is 3. The smallest absolute Gasteiger partial charge is 0.305 e. The van der Waals surface area contributed by atoms with Gasteiger partial charge in [-0.1, -0.05) is 219 Å². The highest BCUT2D eigenvalue weighted by Crippen LogP contribution is 2.15. The monoisotopic (exact) mass is 750 g/mol. The van der Waals surface area contributed by atoms with Crippen molar-refractivity contribution in [2.75, 3.05) is 13.2 Å². The van der Waals surface area contributed by atoms with Crippen molar-refractivity contribution in [2.24, 2.45) is 0 Å². The minimum atomic E-state index is -0.856. The lowest BCUT2D eigenvalue weighted by molar-refractivity contribution is -0.143. The molecular weight excluding hydrogens is 659 g/mol. The third-order valence-corrected chi connectivity index (χ3v) is 10.8. The molecule has 0 heterocycles. The number of amides is 1. The van der Waals surface area contributed by atoms with Gasteiger partial charge in [0, 0.05) is 12.8 Å². The van der Waals surface area contributed by atoms with Gasteiger partial charge in [0.25, 0.3) is 0 Å². The lowest BCUT2D eigenvalue weighted by atomic mass is 10.0. The van der Waals surface area contributed by atoms with E-state index in [9.17, 15) is 19.8 Å². The molecule has 6 heteroatoms. The van der Waals surface area contributed by atoms with Crippen LogP contribution >= 0.6 is 0 Å². The van der Waals surface area contributed by atoms with E-state index >= 15 is 0 Å². The zero-order chi connectivity index (χ0) is 38.7. The summed E-state index contributed by atoms with van der Waals surface area (Å²) >= 11 is 0. The number of aliphatic hydroxyl groups excluding tert-OH is 2. The molecule has 0 bridgehead atoms. The Hall–Kier alpha value is -1.40. The molecule has 2 atom stereocenters. The van der Waals surface area contributed by atoms with Crippen molar-refractivity contribution in [3.8, 4) is 0 Å². The van der Waals surface area contributed by atoms with E-state index in [1.165, 1.54) is 167 Å². The highest BCUT2D eigenvalue weighted by Gasteiger charge is 2.18. The normalized spacial score (nSPS) is 12.8. The van der Waals surface area contributed by atoms with Gasteiger partial charge in [0.05, 0.1) is 25.4 Å². The number of aliphatic hydroxyl groups is 2. The maximum Gasteiger partial charge on any atom is 0.305 e.